The molecule has 1 aliphatic carbocycles. The number of fused-ring (bicyclic) bond motifs is 1. The molecular weight excluding hydrogens is 248 g/mol. The average Bonchev–Trinajstić information content (AvgIpc) is 3.25. The van der Waals surface area contributed by atoms with E-state index < -0.39 is 0 Å². The fourth-order valence-electron chi connectivity index (χ4n) is 3.13. The highest BCUT2D eigenvalue weighted by atomic mass is 16.5. The monoisotopic (exact) mass is 274 g/mol. The van der Waals surface area contributed by atoms with Gasteiger partial charge in [0.1, 0.15) is 0 Å². The Morgan fingerprint density at radius 1 is 1.30 bits per heavy atom. The molecule has 3 rings (SSSR count). The van der Waals surface area contributed by atoms with Crippen molar-refractivity contribution in [2.75, 3.05) is 26.8 Å². The first-order valence-corrected chi connectivity index (χ1v) is 7.82. The maximum absolute atomic E-state index is 5.21. The smallest absolute Gasteiger partial charge is 0.0468 e. The molecule has 2 aliphatic rings. The summed E-state index contributed by atoms with van der Waals surface area (Å²) in [4.78, 5) is 0. The van der Waals surface area contributed by atoms with Gasteiger partial charge in [-0.05, 0) is 54.3 Å². The Kier molecular flexibility index (Phi) is 4.39. The molecule has 3 heteroatoms. The molecule has 1 saturated carbocycles. The summed E-state index contributed by atoms with van der Waals surface area (Å²) < 4.78 is 5.21. The van der Waals surface area contributed by atoms with Crippen molar-refractivity contribution >= 4 is 0 Å². The Hall–Kier alpha value is -0.900. The molecule has 1 aromatic rings. The van der Waals surface area contributed by atoms with Gasteiger partial charge < -0.3 is 15.4 Å². The number of nitrogens with one attached hydrogen (secondary N) is 2. The van der Waals surface area contributed by atoms with E-state index in [-0.39, 0.29) is 0 Å². The van der Waals surface area contributed by atoms with Crippen molar-refractivity contribution in [3.05, 3.63) is 34.9 Å². The lowest BCUT2D eigenvalue weighted by Crippen LogP contribution is -2.26. The predicted molar refractivity (Wildman–Crippen MR) is 81.7 cm³/mol. The molecule has 0 atom stereocenters. The Labute approximate surface area is 122 Å². The second-order valence-corrected chi connectivity index (χ2v) is 6.38. The van der Waals surface area contributed by atoms with Crippen LogP contribution >= 0.6 is 0 Å². The minimum Gasteiger partial charge on any atom is -0.385 e. The van der Waals surface area contributed by atoms with Crippen LogP contribution in [0.2, 0.25) is 0 Å². The minimum atomic E-state index is 0.534. The number of methoxy groups -OCH3 is 1. The molecule has 2 N–H and O–H groups in total. The van der Waals surface area contributed by atoms with Gasteiger partial charge in [0.05, 0.1) is 0 Å². The Bertz CT molecular complexity index is 454. The summed E-state index contributed by atoms with van der Waals surface area (Å²) in [5.74, 6) is 0. The van der Waals surface area contributed by atoms with Crippen molar-refractivity contribution in [2.24, 2.45) is 5.41 Å². The summed E-state index contributed by atoms with van der Waals surface area (Å²) >= 11 is 0. The maximum atomic E-state index is 5.21. The molecule has 0 bridgehead atoms. The SMILES string of the molecule is COCCC1(CNCc2ccc3c(c2)CNCC3)CC1. The highest BCUT2D eigenvalue weighted by Crippen LogP contribution is 2.48. The molecular formula is C17H26N2O. The maximum Gasteiger partial charge on any atom is 0.0468 e. The highest BCUT2D eigenvalue weighted by molar-refractivity contribution is 5.33. The van der Waals surface area contributed by atoms with Gasteiger partial charge in [-0.2, -0.15) is 0 Å². The van der Waals surface area contributed by atoms with E-state index in [1.54, 1.807) is 7.11 Å². The molecule has 110 valence electrons. The number of rotatable bonds is 7. The van der Waals surface area contributed by atoms with Crippen LogP contribution in [0.1, 0.15) is 36.0 Å². The normalized spacial score (nSPS) is 19.6. The number of hydrogen-bond acceptors (Lipinski definition) is 3. The zero-order chi connectivity index (χ0) is 13.8. The molecule has 0 amide bonds. The zero-order valence-corrected chi connectivity index (χ0v) is 12.5. The summed E-state index contributed by atoms with van der Waals surface area (Å²) in [7, 11) is 1.80. The van der Waals surface area contributed by atoms with E-state index in [1.165, 1.54) is 42.4 Å². The van der Waals surface area contributed by atoms with Crippen LogP contribution in [0.4, 0.5) is 0 Å². The summed E-state index contributed by atoms with van der Waals surface area (Å²) in [6.07, 6.45) is 5.09. The van der Waals surface area contributed by atoms with Crippen LogP contribution in [0.25, 0.3) is 0 Å². The molecule has 1 aliphatic heterocycles. The molecule has 3 nitrogen and oxygen atoms in total. The van der Waals surface area contributed by atoms with E-state index in [2.05, 4.69) is 28.8 Å². The molecule has 1 aromatic carbocycles. The molecule has 20 heavy (non-hydrogen) atoms. The molecule has 0 unspecified atom stereocenters. The van der Waals surface area contributed by atoms with Crippen molar-refractivity contribution < 1.29 is 4.74 Å². The first-order valence-electron chi connectivity index (χ1n) is 7.82. The van der Waals surface area contributed by atoms with Crippen molar-refractivity contribution in [3.8, 4) is 0 Å². The second kappa shape index (κ2) is 6.25. The topological polar surface area (TPSA) is 33.3 Å². The van der Waals surface area contributed by atoms with E-state index in [1.807, 2.05) is 0 Å². The average molecular weight is 274 g/mol. The third kappa shape index (κ3) is 3.40. The summed E-state index contributed by atoms with van der Waals surface area (Å²) in [6, 6.07) is 6.96. The fourth-order valence-corrected chi connectivity index (χ4v) is 3.13. The van der Waals surface area contributed by atoms with Crippen LogP contribution in [0.3, 0.4) is 0 Å². The highest BCUT2D eigenvalue weighted by Gasteiger charge is 2.41. The minimum absolute atomic E-state index is 0.534. The largest absolute Gasteiger partial charge is 0.385 e. The summed E-state index contributed by atoms with van der Waals surface area (Å²) in [5.41, 5.74) is 4.95. The summed E-state index contributed by atoms with van der Waals surface area (Å²) in [6.45, 7) is 5.16. The number of benzene rings is 1. The number of hydrogen-bond donors (Lipinski definition) is 2. The van der Waals surface area contributed by atoms with Crippen molar-refractivity contribution in [1.82, 2.24) is 10.6 Å². The molecule has 0 aromatic heterocycles. The molecule has 1 heterocycles. The third-order valence-electron chi connectivity index (χ3n) is 4.78. The Balaban J connectivity index is 1.49. The van der Waals surface area contributed by atoms with Gasteiger partial charge >= 0.3 is 0 Å². The van der Waals surface area contributed by atoms with E-state index in [4.69, 9.17) is 4.74 Å². The molecule has 0 saturated heterocycles. The number of ether oxygens (including phenoxy) is 1. The van der Waals surface area contributed by atoms with Crippen LogP contribution in [0.15, 0.2) is 18.2 Å². The molecule has 0 spiro atoms. The van der Waals surface area contributed by atoms with Gasteiger partial charge in [-0.25, -0.2) is 0 Å². The first-order chi connectivity index (χ1) is 9.81. The van der Waals surface area contributed by atoms with E-state index >= 15 is 0 Å². The van der Waals surface area contributed by atoms with Crippen LogP contribution in [-0.4, -0.2) is 26.8 Å². The van der Waals surface area contributed by atoms with Gasteiger partial charge in [-0.15, -0.1) is 0 Å². The van der Waals surface area contributed by atoms with E-state index in [0.29, 0.717) is 5.41 Å². The van der Waals surface area contributed by atoms with Gasteiger partial charge in [0.15, 0.2) is 0 Å². The van der Waals surface area contributed by atoms with Gasteiger partial charge in [0.25, 0.3) is 0 Å². The van der Waals surface area contributed by atoms with Crippen LogP contribution < -0.4 is 10.6 Å². The quantitative estimate of drug-likeness (QED) is 0.800. The first kappa shape index (κ1) is 14.1. The molecule has 0 radical (unpaired) electrons. The fraction of sp³-hybridized carbons (Fsp3) is 0.647. The second-order valence-electron chi connectivity index (χ2n) is 6.38. The van der Waals surface area contributed by atoms with Gasteiger partial charge in [-0.3, -0.25) is 0 Å². The standard InChI is InChI=1S/C17H26N2O/c1-20-9-7-17(5-6-17)13-19-11-14-2-3-15-4-8-18-12-16(15)10-14/h2-3,10,18-19H,4-9,11-13H2,1H3. The van der Waals surface area contributed by atoms with E-state index in [0.717, 1.165) is 32.8 Å². The van der Waals surface area contributed by atoms with Gasteiger partial charge in [0.2, 0.25) is 0 Å². The van der Waals surface area contributed by atoms with Gasteiger partial charge in [-0.1, -0.05) is 18.2 Å². The van der Waals surface area contributed by atoms with Crippen molar-refractivity contribution in [2.45, 2.75) is 38.8 Å². The van der Waals surface area contributed by atoms with Crippen LogP contribution in [0, 0.1) is 5.41 Å². The van der Waals surface area contributed by atoms with Crippen LogP contribution in [-0.2, 0) is 24.2 Å². The third-order valence-corrected chi connectivity index (χ3v) is 4.78. The molecule has 1 fully saturated rings. The summed E-state index contributed by atoms with van der Waals surface area (Å²) in [5, 5.41) is 7.09. The van der Waals surface area contributed by atoms with Crippen LogP contribution in [0.5, 0.6) is 0 Å². The lowest BCUT2D eigenvalue weighted by atomic mass is 9.98. The van der Waals surface area contributed by atoms with Gasteiger partial charge in [0, 0.05) is 33.4 Å². The predicted octanol–water partition coefficient (Wildman–Crippen LogP) is 2.24. The zero-order valence-electron chi connectivity index (χ0n) is 12.5. The Morgan fingerprint density at radius 3 is 3.00 bits per heavy atom. The lowest BCUT2D eigenvalue weighted by Gasteiger charge is -2.19. The Morgan fingerprint density at radius 2 is 2.20 bits per heavy atom. The van der Waals surface area contributed by atoms with Crippen molar-refractivity contribution in [1.29, 1.82) is 0 Å². The van der Waals surface area contributed by atoms with E-state index in [9.17, 15) is 0 Å². The lowest BCUT2D eigenvalue weighted by molar-refractivity contribution is 0.171. The van der Waals surface area contributed by atoms with Crippen molar-refractivity contribution in [3.63, 3.8) is 0 Å².